The third-order valence-corrected chi connectivity index (χ3v) is 4.11. The van der Waals surface area contributed by atoms with Crippen molar-refractivity contribution in [1.29, 1.82) is 0 Å². The van der Waals surface area contributed by atoms with E-state index in [4.69, 9.17) is 15.9 Å². The second kappa shape index (κ2) is 8.59. The highest BCUT2D eigenvalue weighted by Gasteiger charge is 2.36. The normalized spacial score (nSPS) is 16.4. The van der Waals surface area contributed by atoms with E-state index in [9.17, 15) is 24.3 Å². The Morgan fingerprint density at radius 1 is 1.13 bits per heavy atom. The monoisotopic (exact) mass is 332 g/mol. The molecule has 0 rings (SSSR count). The minimum Gasteiger partial charge on any atom is -0.481 e. The molecule has 132 valence electrons. The summed E-state index contributed by atoms with van der Waals surface area (Å²) in [5.74, 6) is -6.63. The van der Waals surface area contributed by atoms with Gasteiger partial charge in [-0.05, 0) is 40.3 Å². The summed E-state index contributed by atoms with van der Waals surface area (Å²) < 4.78 is 0. The number of carbonyl (C=O) groups is 4. The minimum atomic E-state index is -1.73. The first kappa shape index (κ1) is 21.0. The lowest BCUT2D eigenvalue weighted by Gasteiger charge is -2.32. The highest BCUT2D eigenvalue weighted by molar-refractivity contribution is 6.34. The first-order chi connectivity index (χ1) is 10.4. The lowest BCUT2D eigenvalue weighted by Crippen LogP contribution is -2.48. The number of nitrogens with two attached hydrogens (primary N) is 1. The Bertz CT molecular complexity index is 478. The number of carbonyl (C=O) groups excluding carboxylic acids is 1. The van der Waals surface area contributed by atoms with Crippen molar-refractivity contribution in [3.8, 4) is 0 Å². The molecule has 0 aliphatic rings. The molecule has 0 aliphatic carbocycles. The number of likely N-dealkylation sites (N-methyl/N-ethyl adjacent to an activating group) is 1. The Labute approximate surface area is 134 Å². The number of nitrogens with zero attached hydrogens (tertiary/aromatic N) is 1. The predicted molar refractivity (Wildman–Crippen MR) is 79.9 cm³/mol. The van der Waals surface area contributed by atoms with Gasteiger partial charge in [0.2, 0.25) is 5.78 Å². The smallest absolute Gasteiger partial charge is 0.372 e. The first-order valence-corrected chi connectivity index (χ1v) is 7.08. The number of carboxylic acid groups (broad SMARTS) is 3. The van der Waals surface area contributed by atoms with Crippen LogP contribution >= 0.6 is 0 Å². The summed E-state index contributed by atoms with van der Waals surface area (Å²) in [5, 5.41) is 26.8. The summed E-state index contributed by atoms with van der Waals surface area (Å²) in [4.78, 5) is 45.9. The zero-order valence-corrected chi connectivity index (χ0v) is 13.5. The van der Waals surface area contributed by atoms with E-state index in [2.05, 4.69) is 0 Å². The van der Waals surface area contributed by atoms with Gasteiger partial charge in [-0.15, -0.1) is 0 Å². The topological polar surface area (TPSA) is 158 Å². The third-order valence-electron chi connectivity index (χ3n) is 4.11. The van der Waals surface area contributed by atoms with Crippen molar-refractivity contribution in [2.24, 2.45) is 11.7 Å². The molecule has 5 N–H and O–H groups in total. The van der Waals surface area contributed by atoms with Crippen LogP contribution in [0.2, 0.25) is 0 Å². The fourth-order valence-electron chi connectivity index (χ4n) is 2.19. The summed E-state index contributed by atoms with van der Waals surface area (Å²) in [6.07, 6.45) is 0.0130. The fourth-order valence-corrected chi connectivity index (χ4v) is 2.19. The quantitative estimate of drug-likeness (QED) is 0.370. The molecule has 0 aromatic carbocycles. The molecule has 0 aromatic rings. The Balaban J connectivity index is 4.85. The Kier molecular flexibility index (Phi) is 7.84. The maximum absolute atomic E-state index is 11.6. The van der Waals surface area contributed by atoms with Crippen LogP contribution in [0.15, 0.2) is 0 Å². The number of ketones is 1. The Hall–Kier alpha value is -2.00. The van der Waals surface area contributed by atoms with Crippen LogP contribution in [-0.4, -0.2) is 69.6 Å². The van der Waals surface area contributed by atoms with Crippen molar-refractivity contribution in [1.82, 2.24) is 4.90 Å². The van der Waals surface area contributed by atoms with E-state index >= 15 is 0 Å². The summed E-state index contributed by atoms with van der Waals surface area (Å²) in [5.41, 5.74) is 4.65. The molecule has 9 heteroatoms. The zero-order chi connectivity index (χ0) is 18.4. The van der Waals surface area contributed by atoms with Crippen LogP contribution in [0.3, 0.4) is 0 Å². The van der Waals surface area contributed by atoms with Crippen LogP contribution in [0.4, 0.5) is 0 Å². The summed E-state index contributed by atoms with van der Waals surface area (Å²) in [6.45, 7) is 1.54. The van der Waals surface area contributed by atoms with Crippen molar-refractivity contribution in [2.45, 2.75) is 44.2 Å². The van der Waals surface area contributed by atoms with Gasteiger partial charge in [0.05, 0.1) is 12.3 Å². The van der Waals surface area contributed by atoms with Gasteiger partial charge < -0.3 is 21.1 Å². The molecule has 9 nitrogen and oxygen atoms in total. The van der Waals surface area contributed by atoms with Crippen molar-refractivity contribution in [3.05, 3.63) is 0 Å². The minimum absolute atomic E-state index is 0.147. The van der Waals surface area contributed by atoms with E-state index in [0.29, 0.717) is 6.42 Å². The average molecular weight is 332 g/mol. The molecule has 3 atom stereocenters. The highest BCUT2D eigenvalue weighted by Crippen LogP contribution is 2.22. The van der Waals surface area contributed by atoms with E-state index < -0.39 is 47.6 Å². The summed E-state index contributed by atoms with van der Waals surface area (Å²) in [6, 6.07) is -0.963. The number of aliphatic carboxylic acids is 3. The molecule has 0 saturated heterocycles. The number of carboxylic acids is 3. The highest BCUT2D eigenvalue weighted by atomic mass is 16.4. The molecule has 0 spiro atoms. The lowest BCUT2D eigenvalue weighted by molar-refractivity contribution is -0.153. The maximum Gasteiger partial charge on any atom is 0.372 e. The SMILES string of the molecule is CN(C)[C@@](C)(CCCC(N)C(CC(=O)O)C(=O)C(=O)O)C(=O)O. The average Bonchev–Trinajstić information content (AvgIpc) is 2.42. The van der Waals surface area contributed by atoms with Gasteiger partial charge in [0, 0.05) is 6.04 Å². The molecule has 0 aliphatic heterocycles. The second-order valence-corrected chi connectivity index (χ2v) is 5.90. The van der Waals surface area contributed by atoms with Gasteiger partial charge in [-0.2, -0.15) is 0 Å². The Morgan fingerprint density at radius 3 is 2.00 bits per heavy atom. The van der Waals surface area contributed by atoms with E-state index in [1.54, 1.807) is 14.1 Å². The molecular formula is C14H24N2O7. The standard InChI is InChI=1S/C14H24N2O7/c1-14(13(22)23,16(2)3)6-4-5-9(15)8(7-10(17)18)11(19)12(20)21/h8-9H,4-7,15H2,1-3H3,(H,17,18)(H,20,21)(H,22,23)/t8?,9?,14-/m0/s1. The Morgan fingerprint density at radius 2 is 1.65 bits per heavy atom. The molecule has 0 saturated carbocycles. The molecule has 0 radical (unpaired) electrons. The van der Waals surface area contributed by atoms with Gasteiger partial charge in [0.25, 0.3) is 0 Å². The second-order valence-electron chi connectivity index (χ2n) is 5.90. The lowest BCUT2D eigenvalue weighted by atomic mass is 9.86. The molecule has 2 unspecified atom stereocenters. The van der Waals surface area contributed by atoms with Gasteiger partial charge in [-0.3, -0.25) is 19.3 Å². The first-order valence-electron chi connectivity index (χ1n) is 7.08. The van der Waals surface area contributed by atoms with Gasteiger partial charge in [-0.1, -0.05) is 0 Å². The molecule has 0 aromatic heterocycles. The van der Waals surface area contributed by atoms with Crippen LogP contribution in [0, 0.1) is 5.92 Å². The van der Waals surface area contributed by atoms with E-state index in [1.807, 2.05) is 0 Å². The number of Topliss-reactive ketones (excluding diaryl/α,β-unsaturated/α-hetero) is 1. The van der Waals surface area contributed by atoms with Crippen molar-refractivity contribution < 1.29 is 34.5 Å². The van der Waals surface area contributed by atoms with E-state index in [1.165, 1.54) is 11.8 Å². The molecular weight excluding hydrogens is 308 g/mol. The molecule has 0 heterocycles. The van der Waals surface area contributed by atoms with Crippen LogP contribution in [-0.2, 0) is 19.2 Å². The predicted octanol–water partition coefficient (Wildman–Crippen LogP) is -0.366. The van der Waals surface area contributed by atoms with Gasteiger partial charge in [-0.25, -0.2) is 4.79 Å². The fraction of sp³-hybridized carbons (Fsp3) is 0.714. The van der Waals surface area contributed by atoms with Gasteiger partial charge in [0.1, 0.15) is 5.54 Å². The van der Waals surface area contributed by atoms with Crippen LogP contribution < -0.4 is 5.73 Å². The van der Waals surface area contributed by atoms with Crippen molar-refractivity contribution in [3.63, 3.8) is 0 Å². The van der Waals surface area contributed by atoms with Crippen LogP contribution in [0.1, 0.15) is 32.6 Å². The zero-order valence-electron chi connectivity index (χ0n) is 13.5. The molecule has 0 bridgehead atoms. The third kappa shape index (κ3) is 5.95. The summed E-state index contributed by atoms with van der Waals surface area (Å²) >= 11 is 0. The number of hydrogen-bond donors (Lipinski definition) is 4. The molecule has 0 fully saturated rings. The van der Waals surface area contributed by atoms with Crippen LogP contribution in [0.5, 0.6) is 0 Å². The van der Waals surface area contributed by atoms with Gasteiger partial charge in [0.15, 0.2) is 0 Å². The summed E-state index contributed by atoms with van der Waals surface area (Å²) in [7, 11) is 3.24. The van der Waals surface area contributed by atoms with Crippen LogP contribution in [0.25, 0.3) is 0 Å². The van der Waals surface area contributed by atoms with E-state index in [-0.39, 0.29) is 12.8 Å². The maximum atomic E-state index is 11.6. The van der Waals surface area contributed by atoms with Gasteiger partial charge >= 0.3 is 17.9 Å². The molecule has 0 amide bonds. The number of hydrogen-bond acceptors (Lipinski definition) is 6. The van der Waals surface area contributed by atoms with Crippen molar-refractivity contribution in [2.75, 3.05) is 14.1 Å². The molecule has 23 heavy (non-hydrogen) atoms. The number of rotatable bonds is 11. The largest absolute Gasteiger partial charge is 0.481 e. The van der Waals surface area contributed by atoms with E-state index in [0.717, 1.165) is 0 Å². The van der Waals surface area contributed by atoms with Crippen molar-refractivity contribution >= 4 is 23.7 Å².